The van der Waals surface area contributed by atoms with Gasteiger partial charge in [0.25, 0.3) is 0 Å². The highest BCUT2D eigenvalue weighted by Crippen LogP contribution is 2.40. The van der Waals surface area contributed by atoms with Gasteiger partial charge in [-0.1, -0.05) is 35.3 Å². The molecule has 4 rings (SSSR count). The van der Waals surface area contributed by atoms with E-state index in [-0.39, 0.29) is 0 Å². The Labute approximate surface area is 168 Å². The molecule has 27 heavy (non-hydrogen) atoms. The number of ether oxygens (including phenoxy) is 1. The van der Waals surface area contributed by atoms with Crippen molar-refractivity contribution < 1.29 is 4.74 Å². The molecule has 0 N–H and O–H groups in total. The lowest BCUT2D eigenvalue weighted by molar-refractivity contribution is 0.133. The van der Waals surface area contributed by atoms with Gasteiger partial charge in [-0.2, -0.15) is 5.26 Å². The molecule has 1 aromatic carbocycles. The molecule has 2 fully saturated rings. The van der Waals surface area contributed by atoms with Gasteiger partial charge < -0.3 is 9.64 Å². The Balaban J connectivity index is 1.66. The van der Waals surface area contributed by atoms with Crippen molar-refractivity contribution in [2.45, 2.75) is 26.2 Å². The number of rotatable bonds is 2. The summed E-state index contributed by atoms with van der Waals surface area (Å²) in [5.74, 6) is 0.611. The fourth-order valence-electron chi connectivity index (χ4n) is 4.02. The predicted molar refractivity (Wildman–Crippen MR) is 106 cm³/mol. The van der Waals surface area contributed by atoms with E-state index in [1.165, 1.54) is 0 Å². The molecule has 3 heterocycles. The standard InChI is InChI=1S/C20H20Cl2N4O/c1-13-17(14-3-2-4-15(21)18(14)22)16(11-23)25-19(24-13)26-8-5-20(6-9-26)7-10-27-12-20/h2-4H,5-10,12H2,1H3. The summed E-state index contributed by atoms with van der Waals surface area (Å²) >= 11 is 12.5. The molecule has 2 aliphatic heterocycles. The molecular formula is C20H20Cl2N4O. The molecule has 2 aromatic rings. The van der Waals surface area contributed by atoms with Crippen LogP contribution in [0, 0.1) is 23.7 Å². The first-order chi connectivity index (χ1) is 13.0. The molecule has 0 atom stereocenters. The van der Waals surface area contributed by atoms with Gasteiger partial charge in [0.05, 0.1) is 22.3 Å². The van der Waals surface area contributed by atoms with Gasteiger partial charge in [0.1, 0.15) is 6.07 Å². The van der Waals surface area contributed by atoms with E-state index >= 15 is 0 Å². The van der Waals surface area contributed by atoms with E-state index in [2.05, 4.69) is 16.0 Å². The third-order valence-electron chi connectivity index (χ3n) is 5.70. The zero-order chi connectivity index (χ0) is 19.0. The SMILES string of the molecule is Cc1nc(N2CCC3(CCOC3)CC2)nc(C#N)c1-c1cccc(Cl)c1Cl. The number of aromatic nitrogens is 2. The number of hydrogen-bond acceptors (Lipinski definition) is 5. The number of piperidine rings is 1. The second-order valence-corrected chi connectivity index (χ2v) is 8.12. The third-order valence-corrected chi connectivity index (χ3v) is 6.52. The van der Waals surface area contributed by atoms with Crippen LogP contribution in [-0.2, 0) is 4.74 Å². The third kappa shape index (κ3) is 3.38. The Morgan fingerprint density at radius 1 is 1.19 bits per heavy atom. The van der Waals surface area contributed by atoms with E-state index < -0.39 is 0 Å². The summed E-state index contributed by atoms with van der Waals surface area (Å²) in [4.78, 5) is 11.4. The highest BCUT2D eigenvalue weighted by atomic mass is 35.5. The van der Waals surface area contributed by atoms with Crippen molar-refractivity contribution in [1.82, 2.24) is 9.97 Å². The van der Waals surface area contributed by atoms with Crippen LogP contribution in [0.5, 0.6) is 0 Å². The molecule has 2 saturated heterocycles. The number of hydrogen-bond donors (Lipinski definition) is 0. The zero-order valence-electron chi connectivity index (χ0n) is 15.1. The monoisotopic (exact) mass is 402 g/mol. The van der Waals surface area contributed by atoms with E-state index in [1.807, 2.05) is 19.1 Å². The number of anilines is 1. The summed E-state index contributed by atoms with van der Waals surface area (Å²) < 4.78 is 5.60. The van der Waals surface area contributed by atoms with Gasteiger partial charge in [0.15, 0.2) is 5.69 Å². The quantitative estimate of drug-likeness (QED) is 0.731. The van der Waals surface area contributed by atoms with Crippen LogP contribution in [0.3, 0.4) is 0 Å². The Kier molecular flexibility index (Phi) is 4.98. The van der Waals surface area contributed by atoms with E-state index in [9.17, 15) is 5.26 Å². The fraction of sp³-hybridized carbons (Fsp3) is 0.450. The minimum absolute atomic E-state index is 0.317. The fourth-order valence-corrected chi connectivity index (χ4v) is 4.42. The van der Waals surface area contributed by atoms with Crippen LogP contribution < -0.4 is 4.90 Å². The number of nitriles is 1. The Morgan fingerprint density at radius 3 is 2.63 bits per heavy atom. The van der Waals surface area contributed by atoms with Gasteiger partial charge in [-0.3, -0.25) is 0 Å². The molecule has 140 valence electrons. The topological polar surface area (TPSA) is 62.0 Å². The summed E-state index contributed by atoms with van der Waals surface area (Å²) in [6.07, 6.45) is 3.27. The van der Waals surface area contributed by atoms with Gasteiger partial charge in [0.2, 0.25) is 5.95 Å². The second kappa shape index (κ2) is 7.27. The van der Waals surface area contributed by atoms with Crippen LogP contribution in [-0.4, -0.2) is 36.3 Å². The van der Waals surface area contributed by atoms with E-state index in [0.717, 1.165) is 51.3 Å². The van der Waals surface area contributed by atoms with Gasteiger partial charge in [-0.25, -0.2) is 9.97 Å². The number of aryl methyl sites for hydroxylation is 1. The maximum Gasteiger partial charge on any atom is 0.226 e. The highest BCUT2D eigenvalue weighted by Gasteiger charge is 2.38. The van der Waals surface area contributed by atoms with Crippen molar-refractivity contribution >= 4 is 29.2 Å². The Hall–Kier alpha value is -1.87. The largest absolute Gasteiger partial charge is 0.381 e. The number of halogens is 2. The normalized spacial score (nSPS) is 18.7. The van der Waals surface area contributed by atoms with Gasteiger partial charge in [-0.15, -0.1) is 0 Å². The lowest BCUT2D eigenvalue weighted by atomic mass is 9.78. The smallest absolute Gasteiger partial charge is 0.226 e. The average molecular weight is 403 g/mol. The molecule has 0 bridgehead atoms. The van der Waals surface area contributed by atoms with Crippen molar-refractivity contribution in [2.75, 3.05) is 31.2 Å². The summed E-state index contributed by atoms with van der Waals surface area (Å²) in [5, 5.41) is 10.6. The van der Waals surface area contributed by atoms with Crippen molar-refractivity contribution in [3.8, 4) is 17.2 Å². The van der Waals surface area contributed by atoms with Crippen molar-refractivity contribution in [3.05, 3.63) is 39.6 Å². The van der Waals surface area contributed by atoms with Gasteiger partial charge >= 0.3 is 0 Å². The van der Waals surface area contributed by atoms with Crippen LogP contribution in [0.25, 0.3) is 11.1 Å². The molecule has 0 unspecified atom stereocenters. The highest BCUT2D eigenvalue weighted by molar-refractivity contribution is 6.43. The van der Waals surface area contributed by atoms with Crippen LogP contribution in [0.4, 0.5) is 5.95 Å². The van der Waals surface area contributed by atoms with E-state index in [1.54, 1.807) is 6.07 Å². The maximum absolute atomic E-state index is 9.70. The van der Waals surface area contributed by atoms with Crippen LogP contribution in [0.1, 0.15) is 30.7 Å². The first kappa shape index (κ1) is 18.5. The van der Waals surface area contributed by atoms with E-state index in [4.69, 9.17) is 32.9 Å². The minimum Gasteiger partial charge on any atom is -0.381 e. The van der Waals surface area contributed by atoms with Crippen LogP contribution in [0.2, 0.25) is 10.0 Å². The molecule has 2 aliphatic rings. The molecule has 0 radical (unpaired) electrons. The van der Waals surface area contributed by atoms with Crippen LogP contribution in [0.15, 0.2) is 18.2 Å². The Morgan fingerprint density at radius 2 is 1.96 bits per heavy atom. The summed E-state index contributed by atoms with van der Waals surface area (Å²) in [7, 11) is 0. The lowest BCUT2D eigenvalue weighted by Crippen LogP contribution is -2.41. The molecule has 1 aromatic heterocycles. The number of nitrogens with zero attached hydrogens (tertiary/aromatic N) is 4. The number of benzene rings is 1. The molecule has 0 saturated carbocycles. The van der Waals surface area contributed by atoms with Gasteiger partial charge in [0, 0.05) is 30.8 Å². The molecular weight excluding hydrogens is 383 g/mol. The van der Waals surface area contributed by atoms with Crippen molar-refractivity contribution in [3.63, 3.8) is 0 Å². The van der Waals surface area contributed by atoms with Gasteiger partial charge in [-0.05, 0) is 37.7 Å². The first-order valence-electron chi connectivity index (χ1n) is 9.09. The zero-order valence-corrected chi connectivity index (χ0v) is 16.6. The summed E-state index contributed by atoms with van der Waals surface area (Å²) in [6.45, 7) is 5.37. The summed E-state index contributed by atoms with van der Waals surface area (Å²) in [6, 6.07) is 7.58. The minimum atomic E-state index is 0.317. The second-order valence-electron chi connectivity index (χ2n) is 7.34. The van der Waals surface area contributed by atoms with Crippen LogP contribution >= 0.6 is 23.2 Å². The maximum atomic E-state index is 9.70. The molecule has 0 aliphatic carbocycles. The molecule has 1 spiro atoms. The first-order valence-corrected chi connectivity index (χ1v) is 9.84. The molecule has 0 amide bonds. The van der Waals surface area contributed by atoms with E-state index in [0.29, 0.717) is 38.2 Å². The average Bonchev–Trinajstić information content (AvgIpc) is 3.12. The molecule has 5 nitrogen and oxygen atoms in total. The predicted octanol–water partition coefficient (Wildman–Crippen LogP) is 4.64. The lowest BCUT2D eigenvalue weighted by Gasteiger charge is -2.38. The van der Waals surface area contributed by atoms with Crippen molar-refractivity contribution in [1.29, 1.82) is 5.26 Å². The Bertz CT molecular complexity index is 909. The summed E-state index contributed by atoms with van der Waals surface area (Å²) in [5.41, 5.74) is 2.70. The molecule has 7 heteroatoms. The van der Waals surface area contributed by atoms with Crippen molar-refractivity contribution in [2.24, 2.45) is 5.41 Å².